The maximum atomic E-state index is 13.5. The standard InChI is InChI=1S/C24H19F3N4O4/c1-30-20(16-7-6-13(12-28)10-17(16)22(33)35-2)19-18(8-9-29-21(19)32)31(23(30)34)15-5-3-4-14(11-15)24(25,26)27/h3-7,10-11,20H,8-9H2,1-2H3,(H,29,32). The summed E-state index contributed by atoms with van der Waals surface area (Å²) in [6, 6.07) is 8.72. The molecule has 0 fully saturated rings. The number of alkyl halides is 3. The number of nitriles is 1. The summed E-state index contributed by atoms with van der Waals surface area (Å²) in [5, 5.41) is 12.0. The lowest BCUT2D eigenvalue weighted by Crippen LogP contribution is -2.53. The molecule has 4 rings (SSSR count). The topological polar surface area (TPSA) is 103 Å². The number of hydrogen-bond donors (Lipinski definition) is 1. The minimum atomic E-state index is -4.62. The van der Waals surface area contributed by atoms with Gasteiger partial charge in [-0.15, -0.1) is 0 Å². The Hall–Kier alpha value is -4.33. The number of ether oxygens (including phenoxy) is 1. The number of anilines is 1. The van der Waals surface area contributed by atoms with Gasteiger partial charge in [0.15, 0.2) is 0 Å². The Morgan fingerprint density at radius 1 is 1.20 bits per heavy atom. The van der Waals surface area contributed by atoms with Crippen molar-refractivity contribution in [3.8, 4) is 6.07 Å². The van der Waals surface area contributed by atoms with Crippen LogP contribution in [0.3, 0.4) is 0 Å². The molecule has 0 spiro atoms. The molecule has 2 aliphatic heterocycles. The lowest BCUT2D eigenvalue weighted by Gasteiger charge is -2.44. The quantitative estimate of drug-likeness (QED) is 0.669. The number of esters is 1. The van der Waals surface area contributed by atoms with Gasteiger partial charge in [-0.1, -0.05) is 12.1 Å². The third kappa shape index (κ3) is 4.07. The molecule has 2 aromatic carbocycles. The zero-order chi connectivity index (χ0) is 25.5. The number of urea groups is 1. The van der Waals surface area contributed by atoms with E-state index in [1.807, 2.05) is 6.07 Å². The molecule has 2 heterocycles. The van der Waals surface area contributed by atoms with Crippen LogP contribution in [0.2, 0.25) is 0 Å². The molecule has 1 unspecified atom stereocenters. The number of halogens is 3. The highest BCUT2D eigenvalue weighted by atomic mass is 19.4. The van der Waals surface area contributed by atoms with Crippen molar-refractivity contribution >= 4 is 23.6 Å². The molecule has 0 radical (unpaired) electrons. The zero-order valence-corrected chi connectivity index (χ0v) is 18.6. The number of amides is 3. The molecule has 180 valence electrons. The fraction of sp³-hybridized carbons (Fsp3) is 0.250. The van der Waals surface area contributed by atoms with Crippen molar-refractivity contribution in [2.45, 2.75) is 18.6 Å². The SMILES string of the molecule is COC(=O)c1cc(C#N)ccc1C1C2=C(CCNC2=O)N(c2cccc(C(F)(F)F)c2)C(=O)N1C. The maximum Gasteiger partial charge on any atom is 0.416 e. The van der Waals surface area contributed by atoms with Gasteiger partial charge in [0, 0.05) is 25.7 Å². The number of nitrogens with zero attached hydrogens (tertiary/aromatic N) is 3. The highest BCUT2D eigenvalue weighted by Crippen LogP contribution is 2.43. The highest BCUT2D eigenvalue weighted by Gasteiger charge is 2.45. The molecular formula is C24H19F3N4O4. The van der Waals surface area contributed by atoms with Crippen molar-refractivity contribution in [2.24, 2.45) is 0 Å². The van der Waals surface area contributed by atoms with Crippen LogP contribution in [0.25, 0.3) is 0 Å². The zero-order valence-electron chi connectivity index (χ0n) is 18.6. The van der Waals surface area contributed by atoms with E-state index in [9.17, 15) is 32.8 Å². The Morgan fingerprint density at radius 3 is 2.60 bits per heavy atom. The van der Waals surface area contributed by atoms with Gasteiger partial charge in [0.2, 0.25) is 0 Å². The first-order valence-corrected chi connectivity index (χ1v) is 10.5. The van der Waals surface area contributed by atoms with Crippen molar-refractivity contribution in [2.75, 3.05) is 25.6 Å². The van der Waals surface area contributed by atoms with Gasteiger partial charge in [-0.3, -0.25) is 9.69 Å². The molecule has 35 heavy (non-hydrogen) atoms. The molecule has 11 heteroatoms. The monoisotopic (exact) mass is 484 g/mol. The van der Waals surface area contributed by atoms with Gasteiger partial charge in [-0.25, -0.2) is 9.59 Å². The van der Waals surface area contributed by atoms with Gasteiger partial charge in [0.25, 0.3) is 5.91 Å². The second-order valence-electron chi connectivity index (χ2n) is 7.95. The van der Waals surface area contributed by atoms with Crippen LogP contribution in [-0.4, -0.2) is 43.5 Å². The highest BCUT2D eigenvalue weighted by molar-refractivity contribution is 6.06. The number of likely N-dealkylation sites (N-methyl/N-ethyl adjacent to an activating group) is 1. The molecule has 0 bridgehead atoms. The molecular weight excluding hydrogens is 465 g/mol. The number of carbonyl (C=O) groups excluding carboxylic acids is 3. The lowest BCUT2D eigenvalue weighted by molar-refractivity contribution is -0.137. The van der Waals surface area contributed by atoms with E-state index in [1.165, 1.54) is 42.3 Å². The second-order valence-corrected chi connectivity index (χ2v) is 7.95. The van der Waals surface area contributed by atoms with Gasteiger partial charge in [0.1, 0.15) is 0 Å². The van der Waals surface area contributed by atoms with Gasteiger partial charge < -0.3 is 15.0 Å². The van der Waals surface area contributed by atoms with Crippen LogP contribution in [0.4, 0.5) is 23.7 Å². The largest absolute Gasteiger partial charge is 0.465 e. The summed E-state index contributed by atoms with van der Waals surface area (Å²) < 4.78 is 44.9. The number of methoxy groups -OCH3 is 1. The first-order valence-electron chi connectivity index (χ1n) is 10.5. The third-order valence-corrected chi connectivity index (χ3v) is 5.94. The van der Waals surface area contributed by atoms with E-state index in [2.05, 4.69) is 5.32 Å². The molecule has 3 amide bonds. The van der Waals surface area contributed by atoms with Crippen molar-refractivity contribution in [1.82, 2.24) is 10.2 Å². The summed E-state index contributed by atoms with van der Waals surface area (Å²) in [6.07, 6.45) is -4.44. The number of nitrogens with one attached hydrogen (secondary N) is 1. The van der Waals surface area contributed by atoms with Gasteiger partial charge >= 0.3 is 18.2 Å². The molecule has 1 N–H and O–H groups in total. The maximum absolute atomic E-state index is 13.5. The molecule has 2 aromatic rings. The number of hydrogen-bond acceptors (Lipinski definition) is 5. The minimum absolute atomic E-state index is 0.00561. The summed E-state index contributed by atoms with van der Waals surface area (Å²) in [5.41, 5.74) is -0.201. The van der Waals surface area contributed by atoms with Gasteiger partial charge in [-0.05, 0) is 35.9 Å². The fourth-order valence-corrected chi connectivity index (χ4v) is 4.35. The average molecular weight is 484 g/mol. The van der Waals surface area contributed by atoms with E-state index >= 15 is 0 Å². The summed E-state index contributed by atoms with van der Waals surface area (Å²) in [7, 11) is 2.55. The average Bonchev–Trinajstić information content (AvgIpc) is 2.84. The van der Waals surface area contributed by atoms with Crippen molar-refractivity contribution in [3.63, 3.8) is 0 Å². The Balaban J connectivity index is 1.95. The summed E-state index contributed by atoms with van der Waals surface area (Å²) in [5.74, 6) is -1.29. The summed E-state index contributed by atoms with van der Waals surface area (Å²) >= 11 is 0. The van der Waals surface area contributed by atoms with E-state index < -0.39 is 35.7 Å². The van der Waals surface area contributed by atoms with Crippen LogP contribution in [0.15, 0.2) is 53.7 Å². The number of carbonyl (C=O) groups is 3. The molecule has 1 atom stereocenters. The lowest BCUT2D eigenvalue weighted by atomic mass is 9.86. The van der Waals surface area contributed by atoms with Crippen LogP contribution in [0, 0.1) is 11.3 Å². The van der Waals surface area contributed by atoms with Gasteiger partial charge in [0.05, 0.1) is 47.2 Å². The Kier molecular flexibility index (Phi) is 5.98. The van der Waals surface area contributed by atoms with E-state index in [4.69, 9.17) is 4.74 Å². The Bertz CT molecular complexity index is 1310. The van der Waals surface area contributed by atoms with Crippen molar-refractivity contribution in [1.29, 1.82) is 5.26 Å². The van der Waals surface area contributed by atoms with Crippen molar-refractivity contribution in [3.05, 3.63) is 76.0 Å². The molecule has 2 aliphatic rings. The van der Waals surface area contributed by atoms with Crippen LogP contribution in [0.5, 0.6) is 0 Å². The van der Waals surface area contributed by atoms with E-state index in [0.29, 0.717) is 0 Å². The van der Waals surface area contributed by atoms with Crippen molar-refractivity contribution < 1.29 is 32.3 Å². The molecule has 0 saturated carbocycles. The smallest absolute Gasteiger partial charge is 0.416 e. The second kappa shape index (κ2) is 8.79. The first-order chi connectivity index (χ1) is 16.6. The van der Waals surface area contributed by atoms with Crippen LogP contribution in [0.1, 0.15) is 39.5 Å². The molecule has 0 aromatic heterocycles. The number of rotatable bonds is 3. The summed E-state index contributed by atoms with van der Waals surface area (Å²) in [4.78, 5) is 41.4. The minimum Gasteiger partial charge on any atom is -0.465 e. The predicted octanol–water partition coefficient (Wildman–Crippen LogP) is 3.75. The van der Waals surface area contributed by atoms with E-state index in [1.54, 1.807) is 0 Å². The van der Waals surface area contributed by atoms with Crippen LogP contribution < -0.4 is 10.2 Å². The molecule has 0 saturated heterocycles. The Labute approximate surface area is 198 Å². The first kappa shape index (κ1) is 23.8. The van der Waals surface area contributed by atoms with Crippen LogP contribution in [-0.2, 0) is 15.7 Å². The molecule has 8 nitrogen and oxygen atoms in total. The third-order valence-electron chi connectivity index (χ3n) is 5.94. The van der Waals surface area contributed by atoms with Crippen LogP contribution >= 0.6 is 0 Å². The number of benzene rings is 2. The van der Waals surface area contributed by atoms with Gasteiger partial charge in [-0.2, -0.15) is 18.4 Å². The predicted molar refractivity (Wildman–Crippen MR) is 117 cm³/mol. The van der Waals surface area contributed by atoms with E-state index in [-0.39, 0.29) is 46.6 Å². The summed E-state index contributed by atoms with van der Waals surface area (Å²) in [6.45, 7) is 0.175. The Morgan fingerprint density at radius 2 is 1.94 bits per heavy atom. The van der Waals surface area contributed by atoms with E-state index in [0.717, 1.165) is 24.1 Å². The normalized spacial score (nSPS) is 18.1. The molecule has 0 aliphatic carbocycles. The fourth-order valence-electron chi connectivity index (χ4n) is 4.35.